The zero-order valence-corrected chi connectivity index (χ0v) is 13.7. The van der Waals surface area contributed by atoms with Crippen LogP contribution in [0.3, 0.4) is 0 Å². The van der Waals surface area contributed by atoms with Crippen LogP contribution in [-0.2, 0) is 4.79 Å². The highest BCUT2D eigenvalue weighted by Gasteiger charge is 2.15. The standard InChI is InChI=1S/C16H14Cl2N2O3/c1-9(23-12-6-7-13(17)14(18)8-12)16(22)20-11-4-2-10(3-5-11)15(19)21/h2-9H,1H3,(H2,19,21)(H,20,22)/t9-/m0/s1. The minimum Gasteiger partial charge on any atom is -0.481 e. The Kier molecular flexibility index (Phi) is 5.47. The van der Waals surface area contributed by atoms with Crippen molar-refractivity contribution in [2.24, 2.45) is 5.73 Å². The van der Waals surface area contributed by atoms with Gasteiger partial charge in [0.1, 0.15) is 5.75 Å². The SMILES string of the molecule is C[C@H](Oc1ccc(Cl)c(Cl)c1)C(=O)Nc1ccc(C(N)=O)cc1. The lowest BCUT2D eigenvalue weighted by atomic mass is 10.2. The molecule has 0 unspecified atom stereocenters. The highest BCUT2D eigenvalue weighted by Crippen LogP contribution is 2.27. The Morgan fingerprint density at radius 3 is 2.30 bits per heavy atom. The first kappa shape index (κ1) is 17.1. The third kappa shape index (κ3) is 4.61. The molecule has 0 fully saturated rings. The van der Waals surface area contributed by atoms with Crippen molar-refractivity contribution in [1.82, 2.24) is 0 Å². The quantitative estimate of drug-likeness (QED) is 0.863. The number of hydrogen-bond donors (Lipinski definition) is 2. The van der Waals surface area contributed by atoms with Crippen LogP contribution in [0.4, 0.5) is 5.69 Å². The van der Waals surface area contributed by atoms with Crippen LogP contribution < -0.4 is 15.8 Å². The van der Waals surface area contributed by atoms with Crippen molar-refractivity contribution in [3.63, 3.8) is 0 Å². The number of anilines is 1. The van der Waals surface area contributed by atoms with E-state index in [4.69, 9.17) is 33.7 Å². The molecule has 3 N–H and O–H groups in total. The van der Waals surface area contributed by atoms with Crippen LogP contribution in [0.15, 0.2) is 42.5 Å². The summed E-state index contributed by atoms with van der Waals surface area (Å²) in [6.07, 6.45) is -0.747. The summed E-state index contributed by atoms with van der Waals surface area (Å²) in [5, 5.41) is 3.43. The molecule has 5 nitrogen and oxygen atoms in total. The summed E-state index contributed by atoms with van der Waals surface area (Å²) in [5.74, 6) is -0.437. The molecular weight excluding hydrogens is 339 g/mol. The number of nitrogens with two attached hydrogens (primary N) is 1. The summed E-state index contributed by atoms with van der Waals surface area (Å²) in [4.78, 5) is 23.1. The van der Waals surface area contributed by atoms with E-state index in [-0.39, 0.29) is 5.91 Å². The Labute approximate surface area is 143 Å². The number of carbonyl (C=O) groups excluding carboxylic acids is 2. The Balaban J connectivity index is 1.99. The average molecular weight is 353 g/mol. The first-order chi connectivity index (χ1) is 10.9. The Bertz CT molecular complexity index is 733. The summed E-state index contributed by atoms with van der Waals surface area (Å²) in [5.41, 5.74) is 6.05. The first-order valence-corrected chi connectivity index (χ1v) is 7.45. The number of primary amides is 1. The van der Waals surface area contributed by atoms with E-state index in [1.807, 2.05) is 0 Å². The monoisotopic (exact) mass is 352 g/mol. The summed E-state index contributed by atoms with van der Waals surface area (Å²) in [6, 6.07) is 11.0. The maximum absolute atomic E-state index is 12.1. The minimum absolute atomic E-state index is 0.345. The molecule has 2 aromatic rings. The summed E-state index contributed by atoms with van der Waals surface area (Å²) in [6.45, 7) is 1.61. The van der Waals surface area contributed by atoms with Crippen LogP contribution in [0, 0.1) is 0 Å². The highest BCUT2D eigenvalue weighted by atomic mass is 35.5. The lowest BCUT2D eigenvalue weighted by Gasteiger charge is -2.15. The summed E-state index contributed by atoms with van der Waals surface area (Å²) < 4.78 is 5.52. The zero-order chi connectivity index (χ0) is 17.0. The molecule has 2 aromatic carbocycles. The van der Waals surface area contributed by atoms with E-state index in [1.165, 1.54) is 18.2 Å². The van der Waals surface area contributed by atoms with Gasteiger partial charge in [0.2, 0.25) is 5.91 Å². The fraction of sp³-hybridized carbons (Fsp3) is 0.125. The van der Waals surface area contributed by atoms with Crippen LogP contribution in [0.5, 0.6) is 5.75 Å². The molecule has 120 valence electrons. The number of hydrogen-bond acceptors (Lipinski definition) is 3. The van der Waals surface area contributed by atoms with E-state index >= 15 is 0 Å². The van der Waals surface area contributed by atoms with Gasteiger partial charge in [0.05, 0.1) is 10.0 Å². The van der Waals surface area contributed by atoms with E-state index < -0.39 is 12.0 Å². The van der Waals surface area contributed by atoms with Gasteiger partial charge >= 0.3 is 0 Å². The van der Waals surface area contributed by atoms with Gasteiger partial charge in [0, 0.05) is 17.3 Å². The van der Waals surface area contributed by atoms with Gasteiger partial charge in [-0.3, -0.25) is 9.59 Å². The normalized spacial score (nSPS) is 11.6. The number of rotatable bonds is 5. The molecule has 1 atom stereocenters. The number of benzene rings is 2. The van der Waals surface area contributed by atoms with E-state index in [0.29, 0.717) is 27.0 Å². The second-order valence-electron chi connectivity index (χ2n) is 4.77. The van der Waals surface area contributed by atoms with Gasteiger partial charge in [-0.1, -0.05) is 23.2 Å². The molecule has 0 spiro atoms. The van der Waals surface area contributed by atoms with Gasteiger partial charge in [-0.15, -0.1) is 0 Å². The molecule has 2 amide bonds. The van der Waals surface area contributed by atoms with E-state index in [9.17, 15) is 9.59 Å². The number of ether oxygens (including phenoxy) is 1. The number of halogens is 2. The van der Waals surface area contributed by atoms with Crippen LogP contribution in [0.25, 0.3) is 0 Å². The second kappa shape index (κ2) is 7.35. The predicted molar refractivity (Wildman–Crippen MR) is 90.1 cm³/mol. The van der Waals surface area contributed by atoms with Crippen LogP contribution in [0.1, 0.15) is 17.3 Å². The molecule has 0 aromatic heterocycles. The molecule has 0 saturated carbocycles. The van der Waals surface area contributed by atoms with E-state index in [0.717, 1.165) is 0 Å². The van der Waals surface area contributed by atoms with E-state index in [2.05, 4.69) is 5.32 Å². The molecule has 0 heterocycles. The van der Waals surface area contributed by atoms with Gasteiger partial charge in [-0.05, 0) is 43.3 Å². The molecular formula is C16H14Cl2N2O3. The third-order valence-corrected chi connectivity index (χ3v) is 3.75. The number of carbonyl (C=O) groups is 2. The molecule has 0 saturated heterocycles. The average Bonchev–Trinajstić information content (AvgIpc) is 2.51. The molecule has 0 aliphatic rings. The topological polar surface area (TPSA) is 81.4 Å². The van der Waals surface area contributed by atoms with Crippen molar-refractivity contribution >= 4 is 40.7 Å². The highest BCUT2D eigenvalue weighted by molar-refractivity contribution is 6.42. The molecule has 0 aliphatic heterocycles. The Morgan fingerprint density at radius 1 is 1.09 bits per heavy atom. The molecule has 2 rings (SSSR count). The molecule has 0 radical (unpaired) electrons. The Morgan fingerprint density at radius 2 is 1.74 bits per heavy atom. The van der Waals surface area contributed by atoms with Gasteiger partial charge in [0.15, 0.2) is 6.10 Å². The van der Waals surface area contributed by atoms with Crippen LogP contribution >= 0.6 is 23.2 Å². The number of nitrogens with one attached hydrogen (secondary N) is 1. The van der Waals surface area contributed by atoms with Crippen molar-refractivity contribution in [1.29, 1.82) is 0 Å². The summed E-state index contributed by atoms with van der Waals surface area (Å²) >= 11 is 11.7. The summed E-state index contributed by atoms with van der Waals surface area (Å²) in [7, 11) is 0. The molecule has 7 heteroatoms. The van der Waals surface area contributed by atoms with Crippen LogP contribution in [-0.4, -0.2) is 17.9 Å². The zero-order valence-electron chi connectivity index (χ0n) is 12.2. The third-order valence-electron chi connectivity index (χ3n) is 3.01. The van der Waals surface area contributed by atoms with Crippen molar-refractivity contribution in [3.8, 4) is 5.75 Å². The smallest absolute Gasteiger partial charge is 0.265 e. The van der Waals surface area contributed by atoms with Crippen molar-refractivity contribution in [2.75, 3.05) is 5.32 Å². The predicted octanol–water partition coefficient (Wildman–Crippen LogP) is 3.50. The fourth-order valence-electron chi connectivity index (χ4n) is 1.77. The maximum Gasteiger partial charge on any atom is 0.265 e. The lowest BCUT2D eigenvalue weighted by molar-refractivity contribution is -0.122. The fourth-order valence-corrected chi connectivity index (χ4v) is 2.06. The van der Waals surface area contributed by atoms with Crippen molar-refractivity contribution < 1.29 is 14.3 Å². The van der Waals surface area contributed by atoms with E-state index in [1.54, 1.807) is 31.2 Å². The van der Waals surface area contributed by atoms with Gasteiger partial charge in [-0.25, -0.2) is 0 Å². The Hall–Kier alpha value is -2.24. The molecule has 23 heavy (non-hydrogen) atoms. The first-order valence-electron chi connectivity index (χ1n) is 6.69. The largest absolute Gasteiger partial charge is 0.481 e. The van der Waals surface area contributed by atoms with Crippen molar-refractivity contribution in [3.05, 3.63) is 58.1 Å². The maximum atomic E-state index is 12.1. The second-order valence-corrected chi connectivity index (χ2v) is 5.58. The van der Waals surface area contributed by atoms with Crippen LogP contribution in [0.2, 0.25) is 10.0 Å². The van der Waals surface area contributed by atoms with Gasteiger partial charge in [-0.2, -0.15) is 0 Å². The lowest BCUT2D eigenvalue weighted by Crippen LogP contribution is -2.30. The van der Waals surface area contributed by atoms with Gasteiger partial charge in [0.25, 0.3) is 5.91 Å². The molecule has 0 aliphatic carbocycles. The molecule has 0 bridgehead atoms. The van der Waals surface area contributed by atoms with Gasteiger partial charge < -0.3 is 15.8 Å². The number of amides is 2. The minimum atomic E-state index is -0.747. The van der Waals surface area contributed by atoms with Crippen molar-refractivity contribution in [2.45, 2.75) is 13.0 Å².